The van der Waals surface area contributed by atoms with Crippen molar-refractivity contribution in [2.45, 2.75) is 30.2 Å². The van der Waals surface area contributed by atoms with E-state index < -0.39 is 10.2 Å². The number of nitro benzene ring substituents is 1. The zero-order valence-corrected chi connectivity index (χ0v) is 16.8. The maximum Gasteiger partial charge on any atom is 0.277 e. The van der Waals surface area contributed by atoms with Crippen molar-refractivity contribution >= 4 is 23.4 Å². The first-order chi connectivity index (χ1) is 13.9. The lowest BCUT2D eigenvalue weighted by atomic mass is 10.0. The number of rotatable bonds is 8. The van der Waals surface area contributed by atoms with Gasteiger partial charge in [-0.15, -0.1) is 10.2 Å². The van der Waals surface area contributed by atoms with E-state index in [0.717, 1.165) is 17.3 Å². The molecule has 0 saturated carbocycles. The summed E-state index contributed by atoms with van der Waals surface area (Å²) in [5.41, 5.74) is 1.55. The summed E-state index contributed by atoms with van der Waals surface area (Å²) >= 11 is 1.14. The van der Waals surface area contributed by atoms with Gasteiger partial charge in [0, 0.05) is 24.2 Å². The Labute approximate surface area is 171 Å². The van der Waals surface area contributed by atoms with E-state index in [4.69, 9.17) is 4.42 Å². The Morgan fingerprint density at radius 2 is 1.93 bits per heavy atom. The van der Waals surface area contributed by atoms with Crippen LogP contribution in [-0.4, -0.2) is 32.8 Å². The normalized spacial score (nSPS) is 12.9. The number of non-ortho nitro benzene ring substituents is 1. The zero-order chi connectivity index (χ0) is 20.8. The Kier molecular flexibility index (Phi) is 6.61. The van der Waals surface area contributed by atoms with E-state index in [1.165, 1.54) is 12.1 Å². The third kappa shape index (κ3) is 5.41. The van der Waals surface area contributed by atoms with Gasteiger partial charge in [0.25, 0.3) is 10.9 Å². The van der Waals surface area contributed by atoms with E-state index in [1.54, 1.807) is 19.1 Å². The summed E-state index contributed by atoms with van der Waals surface area (Å²) in [7, 11) is 0. The van der Waals surface area contributed by atoms with Crippen LogP contribution in [0.25, 0.3) is 11.5 Å². The number of nitro groups is 1. The number of hydrogen-bond donors (Lipinski definition) is 1. The van der Waals surface area contributed by atoms with Crippen LogP contribution >= 0.6 is 11.8 Å². The molecule has 1 N–H and O–H groups in total. The minimum atomic E-state index is -0.488. The molecule has 0 saturated heterocycles. The van der Waals surface area contributed by atoms with E-state index in [2.05, 4.69) is 22.4 Å². The van der Waals surface area contributed by atoms with Gasteiger partial charge in [-0.25, -0.2) is 0 Å². The molecule has 9 heteroatoms. The van der Waals surface area contributed by atoms with Crippen molar-refractivity contribution in [3.63, 3.8) is 0 Å². The van der Waals surface area contributed by atoms with E-state index in [9.17, 15) is 14.9 Å². The Morgan fingerprint density at radius 1 is 1.17 bits per heavy atom. The summed E-state index contributed by atoms with van der Waals surface area (Å²) in [4.78, 5) is 22.8. The highest BCUT2D eigenvalue weighted by Crippen LogP contribution is 2.28. The van der Waals surface area contributed by atoms with Crippen molar-refractivity contribution in [2.75, 3.05) is 6.54 Å². The highest BCUT2D eigenvalue weighted by Gasteiger charge is 2.20. The molecule has 0 aliphatic carbocycles. The number of nitrogens with one attached hydrogen (secondary N) is 1. The Bertz CT molecular complexity index is 993. The van der Waals surface area contributed by atoms with Gasteiger partial charge in [-0.1, -0.05) is 55.1 Å². The molecule has 1 aromatic heterocycles. The maximum absolute atomic E-state index is 12.4. The number of nitrogens with zero attached hydrogens (tertiary/aromatic N) is 3. The molecule has 0 radical (unpaired) electrons. The molecule has 0 bridgehead atoms. The van der Waals surface area contributed by atoms with Gasteiger partial charge in [-0.3, -0.25) is 14.9 Å². The number of carbonyl (C=O) groups is 1. The summed E-state index contributed by atoms with van der Waals surface area (Å²) < 4.78 is 5.56. The summed E-state index contributed by atoms with van der Waals surface area (Å²) in [6.07, 6.45) is 0. The van der Waals surface area contributed by atoms with Gasteiger partial charge < -0.3 is 9.73 Å². The lowest BCUT2D eigenvalue weighted by Crippen LogP contribution is -2.33. The number of hydrogen-bond acceptors (Lipinski definition) is 7. The Morgan fingerprint density at radius 3 is 2.66 bits per heavy atom. The molecule has 3 rings (SSSR count). The van der Waals surface area contributed by atoms with Gasteiger partial charge in [-0.05, 0) is 24.5 Å². The molecule has 1 heterocycles. The number of amides is 1. The molecule has 0 unspecified atom stereocenters. The fraction of sp³-hybridized carbons (Fsp3) is 0.250. The fourth-order valence-electron chi connectivity index (χ4n) is 2.63. The number of thioether (sulfide) groups is 1. The second-order valence-corrected chi connectivity index (χ2v) is 7.79. The van der Waals surface area contributed by atoms with Crippen LogP contribution in [0.4, 0.5) is 5.69 Å². The standard InChI is InChI=1S/C20H20N4O4S/c1-13(15-7-4-3-5-8-15)12-21-18(25)14(2)29-20-23-22-19(28-20)16-9-6-10-17(11-16)24(26)27/h3-11,13-14H,12H2,1-2H3,(H,21,25)/t13-,14+/m1/s1. The molecular weight excluding hydrogens is 392 g/mol. The van der Waals surface area contributed by atoms with Gasteiger partial charge in [0.05, 0.1) is 10.2 Å². The lowest BCUT2D eigenvalue weighted by molar-refractivity contribution is -0.384. The van der Waals surface area contributed by atoms with E-state index in [1.807, 2.05) is 30.3 Å². The molecule has 2 atom stereocenters. The van der Waals surface area contributed by atoms with Crippen LogP contribution in [0.3, 0.4) is 0 Å². The molecule has 0 aliphatic rings. The van der Waals surface area contributed by atoms with Gasteiger partial charge in [0.1, 0.15) is 0 Å². The molecule has 0 fully saturated rings. The highest BCUT2D eigenvalue weighted by molar-refractivity contribution is 8.00. The molecule has 3 aromatic rings. The molecule has 8 nitrogen and oxygen atoms in total. The first-order valence-electron chi connectivity index (χ1n) is 9.01. The SMILES string of the molecule is C[C@H](Sc1nnc(-c2cccc([N+](=O)[O-])c2)o1)C(=O)NC[C@@H](C)c1ccccc1. The first-order valence-corrected chi connectivity index (χ1v) is 9.89. The minimum Gasteiger partial charge on any atom is -0.411 e. The summed E-state index contributed by atoms with van der Waals surface area (Å²) in [6, 6.07) is 15.9. The maximum atomic E-state index is 12.4. The largest absolute Gasteiger partial charge is 0.411 e. The van der Waals surface area contributed by atoms with E-state index in [0.29, 0.717) is 12.1 Å². The summed E-state index contributed by atoms with van der Waals surface area (Å²) in [5, 5.41) is 21.5. The van der Waals surface area contributed by atoms with Gasteiger partial charge in [0.15, 0.2) is 0 Å². The van der Waals surface area contributed by atoms with E-state index >= 15 is 0 Å². The topological polar surface area (TPSA) is 111 Å². The molecule has 150 valence electrons. The Balaban J connectivity index is 1.57. The van der Waals surface area contributed by atoms with Crippen molar-refractivity contribution < 1.29 is 14.1 Å². The summed E-state index contributed by atoms with van der Waals surface area (Å²) in [5.74, 6) is 0.232. The van der Waals surface area contributed by atoms with Crippen LogP contribution < -0.4 is 5.32 Å². The third-order valence-electron chi connectivity index (χ3n) is 4.31. The number of benzene rings is 2. The molecule has 29 heavy (non-hydrogen) atoms. The van der Waals surface area contributed by atoms with Crippen molar-refractivity contribution in [1.82, 2.24) is 15.5 Å². The fourth-order valence-corrected chi connectivity index (χ4v) is 3.34. The van der Waals surface area contributed by atoms with Crippen LogP contribution in [-0.2, 0) is 4.79 Å². The monoisotopic (exact) mass is 412 g/mol. The summed E-state index contributed by atoms with van der Waals surface area (Å²) in [6.45, 7) is 4.33. The number of aromatic nitrogens is 2. The average Bonchev–Trinajstić information content (AvgIpc) is 3.21. The van der Waals surface area contributed by atoms with E-state index in [-0.39, 0.29) is 28.6 Å². The predicted molar refractivity (Wildman–Crippen MR) is 110 cm³/mol. The van der Waals surface area contributed by atoms with Crippen LogP contribution in [0.2, 0.25) is 0 Å². The predicted octanol–water partition coefficient (Wildman–Crippen LogP) is 4.05. The lowest BCUT2D eigenvalue weighted by Gasteiger charge is -2.15. The second-order valence-electron chi connectivity index (χ2n) is 6.50. The van der Waals surface area contributed by atoms with Crippen LogP contribution in [0.1, 0.15) is 25.3 Å². The minimum absolute atomic E-state index is 0.0600. The Hall–Kier alpha value is -3.20. The quantitative estimate of drug-likeness (QED) is 0.337. The molecule has 0 spiro atoms. The van der Waals surface area contributed by atoms with Crippen molar-refractivity contribution in [2.24, 2.45) is 0 Å². The zero-order valence-electron chi connectivity index (χ0n) is 15.9. The van der Waals surface area contributed by atoms with Crippen LogP contribution in [0.5, 0.6) is 0 Å². The molecular formula is C20H20N4O4S. The number of carbonyl (C=O) groups excluding carboxylic acids is 1. The van der Waals surface area contributed by atoms with Gasteiger partial charge in [-0.2, -0.15) is 0 Å². The molecule has 2 aromatic carbocycles. The molecule has 1 amide bonds. The second kappa shape index (κ2) is 9.33. The highest BCUT2D eigenvalue weighted by atomic mass is 32.2. The van der Waals surface area contributed by atoms with Crippen LogP contribution in [0, 0.1) is 10.1 Å². The first kappa shape index (κ1) is 20.5. The third-order valence-corrected chi connectivity index (χ3v) is 5.24. The van der Waals surface area contributed by atoms with Gasteiger partial charge >= 0.3 is 0 Å². The smallest absolute Gasteiger partial charge is 0.277 e. The average molecular weight is 412 g/mol. The van der Waals surface area contributed by atoms with Crippen LogP contribution in [0.15, 0.2) is 64.2 Å². The van der Waals surface area contributed by atoms with Crippen molar-refractivity contribution in [3.8, 4) is 11.5 Å². The van der Waals surface area contributed by atoms with Crippen molar-refractivity contribution in [1.29, 1.82) is 0 Å². The van der Waals surface area contributed by atoms with Gasteiger partial charge in [0.2, 0.25) is 11.8 Å². The van der Waals surface area contributed by atoms with Crippen molar-refractivity contribution in [3.05, 3.63) is 70.3 Å². The molecule has 0 aliphatic heterocycles.